The summed E-state index contributed by atoms with van der Waals surface area (Å²) < 4.78 is 40.7. The molecule has 0 radical (unpaired) electrons. The molecule has 1 aromatic carbocycles. The highest BCUT2D eigenvalue weighted by Crippen LogP contribution is 2.49. The lowest BCUT2D eigenvalue weighted by Gasteiger charge is -2.45. The van der Waals surface area contributed by atoms with Gasteiger partial charge < -0.3 is 25.0 Å². The van der Waals surface area contributed by atoms with E-state index in [1.807, 2.05) is 43.3 Å². The van der Waals surface area contributed by atoms with Crippen molar-refractivity contribution < 1.29 is 37.1 Å². The van der Waals surface area contributed by atoms with Crippen molar-refractivity contribution in [2.45, 2.75) is 151 Å². The molecule has 3 N–H and O–H groups in total. The molecule has 2 aromatic rings. The van der Waals surface area contributed by atoms with Gasteiger partial charge in [0.25, 0.3) is 5.91 Å². The predicted molar refractivity (Wildman–Crippen MR) is 211 cm³/mol. The lowest BCUT2D eigenvalue weighted by atomic mass is 9.64. The number of sulfonamides is 1. The van der Waals surface area contributed by atoms with Gasteiger partial charge in [0.2, 0.25) is 21.8 Å². The minimum absolute atomic E-state index is 0.0878. The fourth-order valence-corrected chi connectivity index (χ4v) is 11.7. The Morgan fingerprint density at radius 2 is 1.82 bits per heavy atom. The fraction of sp³-hybridized carbons (Fsp3) is 0.651. The Balaban J connectivity index is 1.03. The number of fused-ring (bicyclic) bond motifs is 6. The molecule has 0 bridgehead atoms. The van der Waals surface area contributed by atoms with Gasteiger partial charge in [-0.05, 0) is 115 Å². The first-order chi connectivity index (χ1) is 27.3. The molecule has 4 aliphatic carbocycles. The van der Waals surface area contributed by atoms with Crippen molar-refractivity contribution in [3.63, 3.8) is 0 Å². The molecule has 1 unspecified atom stereocenters. The van der Waals surface area contributed by atoms with Gasteiger partial charge in [0, 0.05) is 23.3 Å². The van der Waals surface area contributed by atoms with Crippen LogP contribution in [0.25, 0.3) is 10.9 Å². The number of aryl methyl sites for hydroxylation is 2. The number of hydrogen-bond donors (Lipinski definition) is 3. The maximum Gasteiger partial charge on any atom is 0.408 e. The quantitative estimate of drug-likeness (QED) is 0.341. The third-order valence-electron chi connectivity index (χ3n) is 14.4. The molecule has 306 valence electrons. The van der Waals surface area contributed by atoms with E-state index in [4.69, 9.17) is 14.5 Å². The second-order valence-corrected chi connectivity index (χ2v) is 20.5. The fourth-order valence-electron chi connectivity index (χ4n) is 10.3. The number of allylic oxidation sites excluding steroid dienone is 1. The molecule has 5 fully saturated rings. The molecule has 4 saturated carbocycles. The highest BCUT2D eigenvalue weighted by Gasteiger charge is 2.64. The minimum Gasteiger partial charge on any atom is -0.483 e. The first-order valence-corrected chi connectivity index (χ1v) is 22.7. The van der Waals surface area contributed by atoms with Gasteiger partial charge in [-0.15, -0.1) is 0 Å². The number of carbonyl (C=O) groups is 4. The van der Waals surface area contributed by atoms with Crippen LogP contribution in [0.4, 0.5) is 4.79 Å². The van der Waals surface area contributed by atoms with Crippen LogP contribution < -0.4 is 20.1 Å². The van der Waals surface area contributed by atoms with Crippen LogP contribution >= 0.6 is 0 Å². The highest BCUT2D eigenvalue weighted by molar-refractivity contribution is 7.91. The number of rotatable bonds is 5. The van der Waals surface area contributed by atoms with Gasteiger partial charge in [-0.25, -0.2) is 18.2 Å². The zero-order valence-electron chi connectivity index (χ0n) is 33.0. The molecule has 13 nitrogen and oxygen atoms in total. The number of amides is 4. The summed E-state index contributed by atoms with van der Waals surface area (Å²) in [5, 5.41) is 6.92. The summed E-state index contributed by atoms with van der Waals surface area (Å²) in [4.78, 5) is 63.6. The van der Waals surface area contributed by atoms with E-state index in [2.05, 4.69) is 15.4 Å². The lowest BCUT2D eigenvalue weighted by Crippen LogP contribution is -2.58. The monoisotopic (exact) mass is 801 g/mol. The average Bonchev–Trinajstić information content (AvgIpc) is 4.06. The van der Waals surface area contributed by atoms with Crippen molar-refractivity contribution in [2.24, 2.45) is 17.8 Å². The van der Waals surface area contributed by atoms with Crippen LogP contribution in [0.1, 0.15) is 114 Å². The number of aromatic nitrogens is 1. The molecule has 4 heterocycles. The smallest absolute Gasteiger partial charge is 0.408 e. The van der Waals surface area contributed by atoms with Gasteiger partial charge in [-0.2, -0.15) is 0 Å². The Labute approximate surface area is 334 Å². The molecule has 14 heteroatoms. The number of benzene rings is 1. The van der Waals surface area contributed by atoms with Crippen LogP contribution in [0, 0.1) is 24.7 Å². The topological polar surface area (TPSA) is 173 Å². The summed E-state index contributed by atoms with van der Waals surface area (Å²) in [5.41, 5.74) is 0.196. The molecular weight excluding hydrogens is 747 g/mol. The Bertz CT molecular complexity index is 2140. The van der Waals surface area contributed by atoms with Crippen molar-refractivity contribution in [3.8, 4) is 5.75 Å². The Morgan fingerprint density at radius 1 is 1.00 bits per heavy atom. The normalized spacial score (nSPS) is 35.0. The lowest BCUT2D eigenvalue weighted by molar-refractivity contribution is -0.141. The number of alkyl carbamates (subject to hydrolysis) is 1. The number of ether oxygens (including phenoxy) is 2. The number of nitrogens with one attached hydrogen (secondary N) is 3. The molecule has 4 amide bonds. The van der Waals surface area contributed by atoms with E-state index in [9.17, 15) is 27.6 Å². The third-order valence-corrected chi connectivity index (χ3v) is 16.6. The summed E-state index contributed by atoms with van der Waals surface area (Å²) in [7, 11) is -3.98. The number of hydrogen-bond acceptors (Lipinski definition) is 9. The summed E-state index contributed by atoms with van der Waals surface area (Å²) in [5.74, 6) is -0.518. The summed E-state index contributed by atoms with van der Waals surface area (Å²) in [6.45, 7) is 3.60. The van der Waals surface area contributed by atoms with E-state index in [1.54, 1.807) is 6.92 Å². The Kier molecular flexibility index (Phi) is 9.59. The van der Waals surface area contributed by atoms with Crippen LogP contribution in [0.15, 0.2) is 36.4 Å². The molecule has 1 saturated heterocycles. The molecule has 1 spiro atoms. The van der Waals surface area contributed by atoms with Crippen molar-refractivity contribution in [1.82, 2.24) is 25.2 Å². The molecule has 9 rings (SSSR count). The number of pyridine rings is 1. The van der Waals surface area contributed by atoms with Crippen molar-refractivity contribution in [1.29, 1.82) is 0 Å². The van der Waals surface area contributed by atoms with E-state index in [0.717, 1.165) is 60.7 Å². The van der Waals surface area contributed by atoms with E-state index >= 15 is 0 Å². The van der Waals surface area contributed by atoms with Crippen molar-refractivity contribution in [3.05, 3.63) is 47.7 Å². The predicted octanol–water partition coefficient (Wildman–Crippen LogP) is 5.28. The third kappa shape index (κ3) is 6.97. The average molecular weight is 802 g/mol. The van der Waals surface area contributed by atoms with Gasteiger partial charge in [-0.3, -0.25) is 19.1 Å². The second-order valence-electron chi connectivity index (χ2n) is 18.3. The maximum atomic E-state index is 14.9. The van der Waals surface area contributed by atoms with Crippen molar-refractivity contribution in [2.75, 3.05) is 6.54 Å². The SMILES string of the molecule is Cc1nc2ccccc2c2c1O[C@]1(CC2)C[C@H]2C(=O)N[C@]3(C(=O)NS(=O)(=O)C4(C)CC4)C[C@H]3/C=C\CCCCC[C@H](NC(=O)O[C@@H]3CCCC4CC[C@@H]43)C(=O)N2C1. The van der Waals surface area contributed by atoms with Gasteiger partial charge >= 0.3 is 6.09 Å². The molecule has 57 heavy (non-hydrogen) atoms. The van der Waals surface area contributed by atoms with Gasteiger partial charge in [-0.1, -0.05) is 43.2 Å². The van der Waals surface area contributed by atoms with Gasteiger partial charge in [0.1, 0.15) is 35.1 Å². The zero-order valence-corrected chi connectivity index (χ0v) is 33.8. The maximum absolute atomic E-state index is 14.9. The zero-order chi connectivity index (χ0) is 39.7. The summed E-state index contributed by atoms with van der Waals surface area (Å²) in [6.07, 6.45) is 14.2. The number of nitrogens with zero attached hydrogens (tertiary/aromatic N) is 2. The van der Waals surface area contributed by atoms with Crippen LogP contribution in [-0.2, 0) is 35.6 Å². The molecule has 7 aliphatic rings. The van der Waals surface area contributed by atoms with E-state index in [-0.39, 0.29) is 25.5 Å². The van der Waals surface area contributed by atoms with E-state index in [1.165, 1.54) is 17.7 Å². The standard InChI is InChI=1S/C43H55N5O8S/c1-26-36-31(30-13-8-9-14-32(30)44-26)19-20-42(56-36)24-34-37(49)46-43(39(51)47-57(53,54)41(2)21-22-41)23-28(43)12-6-4-3-5-7-15-33(38(50)48(34)25-42)45-40(52)55-35-16-10-11-27-17-18-29(27)35/h6,8-9,12-14,27-29,33-35H,3-5,7,10-11,15-25H2,1-2H3,(H,45,52)(H,46,49)(H,47,51)/b12-6-/t27?,28-,29+,33+,34+,35-,42-,43-/m1/s1. The van der Waals surface area contributed by atoms with Crippen molar-refractivity contribution >= 4 is 44.7 Å². The first-order valence-electron chi connectivity index (χ1n) is 21.2. The number of para-hydroxylation sites is 1. The number of carbonyl (C=O) groups excluding carboxylic acids is 4. The molecule has 3 aliphatic heterocycles. The molecule has 1 aromatic heterocycles. The van der Waals surface area contributed by atoms with Crippen LogP contribution in [0.2, 0.25) is 0 Å². The van der Waals surface area contributed by atoms with Crippen LogP contribution in [0.3, 0.4) is 0 Å². The van der Waals surface area contributed by atoms with Gasteiger partial charge in [0.15, 0.2) is 0 Å². The molecule has 8 atom stereocenters. The first kappa shape index (κ1) is 38.3. The summed E-state index contributed by atoms with van der Waals surface area (Å²) >= 11 is 0. The van der Waals surface area contributed by atoms with E-state index < -0.39 is 67.7 Å². The van der Waals surface area contributed by atoms with Crippen LogP contribution in [0.5, 0.6) is 5.75 Å². The second kappa shape index (κ2) is 14.3. The molecular formula is C43H55N5O8S. The Morgan fingerprint density at radius 3 is 2.61 bits per heavy atom. The van der Waals surface area contributed by atoms with Gasteiger partial charge in [0.05, 0.1) is 22.5 Å². The highest BCUT2D eigenvalue weighted by atomic mass is 32.2. The van der Waals surface area contributed by atoms with Crippen LogP contribution in [-0.4, -0.2) is 82.7 Å². The Hall–Kier alpha value is -4.20. The minimum atomic E-state index is -3.98. The van der Waals surface area contributed by atoms with E-state index in [0.29, 0.717) is 56.1 Å². The summed E-state index contributed by atoms with van der Waals surface area (Å²) in [6, 6.07) is 5.93. The largest absolute Gasteiger partial charge is 0.483 e.